The summed E-state index contributed by atoms with van der Waals surface area (Å²) in [6.07, 6.45) is 7.24. The number of unbranched alkanes of at least 4 members (excludes halogenated alkanes) is 3. The lowest BCUT2D eigenvalue weighted by Gasteiger charge is -2.71. The average molecular weight is 1050 g/mol. The van der Waals surface area contributed by atoms with E-state index in [1.165, 1.54) is 50.5 Å². The van der Waals surface area contributed by atoms with Crippen LogP contribution < -0.4 is 52.2 Å². The maximum absolute atomic E-state index is 14.7. The predicted octanol–water partition coefficient (Wildman–Crippen LogP) is 0.644. The summed E-state index contributed by atoms with van der Waals surface area (Å²) in [5.74, 6) is -2.62. The maximum Gasteiger partial charge on any atom is 0.271 e. The standard InChI is InChI=1S/C53H79N7O15/c1-4-7-16-73-44-38(67)10-13-58(19-35(64)22-61)41(44)47(70)55-32-51-25-50(31-54)26-52(28-51,33-56-48(71)42-45(74-17-8-5-2)39(68)11-14-59(42)20-36(65)23-62)30-53(27-50,29-51)34-57-49(72)43-46(75-18-9-6-3)40(69)12-15-60(43)21-37(66)24-63/h10-15,35-37,61-66H,4-9,16-34,54H2,1-3H3,(H,55,70)(H,56,71)(H,57,72)/t35?,36?,37?,50?,51-,52+,53-. The minimum absolute atomic E-state index is 0.0401. The Kier molecular flexibility index (Phi) is 20.3. The Bertz CT molecular complexity index is 2350. The quantitative estimate of drug-likeness (QED) is 0.0396. The number of aliphatic hydroxyl groups is 6. The topological polar surface area (TPSA) is 328 Å². The highest BCUT2D eigenvalue weighted by Crippen LogP contribution is 2.73. The van der Waals surface area contributed by atoms with Crippen LogP contribution in [0.15, 0.2) is 51.2 Å². The van der Waals surface area contributed by atoms with Crippen molar-refractivity contribution >= 4 is 17.7 Å². The van der Waals surface area contributed by atoms with Crippen molar-refractivity contribution in [1.29, 1.82) is 0 Å². The molecule has 3 aromatic rings. The van der Waals surface area contributed by atoms with Crippen LogP contribution in [0.5, 0.6) is 17.2 Å². The number of carbonyl (C=O) groups excluding carboxylic acids is 3. The molecule has 3 amide bonds. The van der Waals surface area contributed by atoms with Gasteiger partial charge in [-0.15, -0.1) is 0 Å². The van der Waals surface area contributed by atoms with Gasteiger partial charge in [0.2, 0.25) is 16.3 Å². The Hall–Kier alpha value is -5.62. The third-order valence-electron chi connectivity index (χ3n) is 14.9. The van der Waals surface area contributed by atoms with Gasteiger partial charge in [-0.3, -0.25) is 28.8 Å². The van der Waals surface area contributed by atoms with Crippen LogP contribution in [0.1, 0.15) is 129 Å². The number of hydrogen-bond donors (Lipinski definition) is 10. The molecule has 75 heavy (non-hydrogen) atoms. The summed E-state index contributed by atoms with van der Waals surface area (Å²) >= 11 is 0. The van der Waals surface area contributed by atoms with E-state index in [2.05, 4.69) is 16.0 Å². The van der Waals surface area contributed by atoms with Gasteiger partial charge in [-0.05, 0) is 86.0 Å². The third kappa shape index (κ3) is 13.9. The Morgan fingerprint density at radius 2 is 0.787 bits per heavy atom. The second-order valence-electron chi connectivity index (χ2n) is 21.5. The predicted molar refractivity (Wildman–Crippen MR) is 276 cm³/mol. The fraction of sp³-hybridized carbons (Fsp3) is 0.660. The number of amides is 3. The third-order valence-corrected chi connectivity index (χ3v) is 14.9. The van der Waals surface area contributed by atoms with Gasteiger partial charge in [0.25, 0.3) is 17.7 Å². The van der Waals surface area contributed by atoms with E-state index in [-0.39, 0.29) is 100.0 Å². The van der Waals surface area contributed by atoms with E-state index in [0.717, 1.165) is 19.3 Å². The first-order chi connectivity index (χ1) is 35.9. The van der Waals surface area contributed by atoms with Gasteiger partial charge < -0.3 is 80.2 Å². The van der Waals surface area contributed by atoms with Crippen LogP contribution in [-0.2, 0) is 19.6 Å². The molecule has 0 radical (unpaired) electrons. The summed E-state index contributed by atoms with van der Waals surface area (Å²) in [5.41, 5.74) is 1.89. The van der Waals surface area contributed by atoms with E-state index in [4.69, 9.17) is 19.9 Å². The highest BCUT2D eigenvalue weighted by molar-refractivity contribution is 5.96. The lowest BCUT2D eigenvalue weighted by molar-refractivity contribution is -0.192. The molecule has 3 heterocycles. The zero-order valence-electron chi connectivity index (χ0n) is 43.7. The Labute approximate surface area is 436 Å². The van der Waals surface area contributed by atoms with E-state index in [1.54, 1.807) is 0 Å². The Balaban J connectivity index is 1.41. The van der Waals surface area contributed by atoms with E-state index in [1.807, 2.05) is 20.8 Å². The van der Waals surface area contributed by atoms with Crippen LogP contribution in [0.2, 0.25) is 0 Å². The summed E-state index contributed by atoms with van der Waals surface area (Å²) in [6, 6.07) is 3.70. The molecule has 4 aliphatic rings. The molecule has 3 aromatic heterocycles. The number of nitrogens with zero attached hydrogens (tertiary/aromatic N) is 3. The van der Waals surface area contributed by atoms with Gasteiger partial charge in [-0.2, -0.15) is 0 Å². The maximum atomic E-state index is 14.7. The normalized spacial score (nSPS) is 22.8. The number of aliphatic hydroxyl groups excluding tert-OH is 6. The molecule has 4 bridgehead atoms. The number of aromatic nitrogens is 3. The highest BCUT2D eigenvalue weighted by atomic mass is 16.5. The van der Waals surface area contributed by atoms with Gasteiger partial charge in [0, 0.05) is 56.4 Å². The molecular weight excluding hydrogens is 975 g/mol. The molecule has 4 aliphatic carbocycles. The van der Waals surface area contributed by atoms with Crippen molar-refractivity contribution in [2.45, 2.75) is 136 Å². The fourth-order valence-electron chi connectivity index (χ4n) is 12.4. The summed E-state index contributed by atoms with van der Waals surface area (Å²) in [5, 5.41) is 70.1. The Morgan fingerprint density at radius 3 is 1.03 bits per heavy atom. The number of rotatable bonds is 31. The second-order valence-corrected chi connectivity index (χ2v) is 21.5. The first kappa shape index (κ1) is 58.6. The molecule has 22 heteroatoms. The number of nitrogens with one attached hydrogen (secondary N) is 3. The summed E-state index contributed by atoms with van der Waals surface area (Å²) in [7, 11) is 0. The molecule has 416 valence electrons. The van der Waals surface area contributed by atoms with Crippen molar-refractivity contribution in [3.8, 4) is 17.2 Å². The highest BCUT2D eigenvalue weighted by Gasteiger charge is 2.67. The van der Waals surface area contributed by atoms with E-state index < -0.39 is 93.8 Å². The zero-order chi connectivity index (χ0) is 54.6. The first-order valence-corrected chi connectivity index (χ1v) is 26.4. The molecule has 4 fully saturated rings. The number of ether oxygens (including phenoxy) is 3. The number of hydrogen-bond acceptors (Lipinski definition) is 16. The molecule has 3 atom stereocenters. The zero-order valence-corrected chi connectivity index (χ0v) is 43.7. The molecule has 0 aromatic carbocycles. The largest absolute Gasteiger partial charge is 0.487 e. The molecule has 0 spiro atoms. The van der Waals surface area contributed by atoms with Crippen molar-refractivity contribution in [2.24, 2.45) is 27.4 Å². The number of carbonyl (C=O) groups is 3. The monoisotopic (exact) mass is 1050 g/mol. The minimum Gasteiger partial charge on any atom is -0.487 e. The van der Waals surface area contributed by atoms with Crippen molar-refractivity contribution in [3.63, 3.8) is 0 Å². The van der Waals surface area contributed by atoms with Gasteiger partial charge >= 0.3 is 0 Å². The second kappa shape index (κ2) is 25.9. The van der Waals surface area contributed by atoms with E-state index in [0.29, 0.717) is 57.8 Å². The van der Waals surface area contributed by atoms with Gasteiger partial charge in [0.15, 0.2) is 34.3 Å². The van der Waals surface area contributed by atoms with Gasteiger partial charge in [0.1, 0.15) is 0 Å². The van der Waals surface area contributed by atoms with Crippen molar-refractivity contribution in [1.82, 2.24) is 29.7 Å². The van der Waals surface area contributed by atoms with Gasteiger partial charge in [-0.1, -0.05) is 40.0 Å². The molecule has 0 aliphatic heterocycles. The molecule has 4 saturated carbocycles. The van der Waals surface area contributed by atoms with E-state index >= 15 is 0 Å². The fourth-order valence-corrected chi connectivity index (χ4v) is 12.4. The molecule has 11 N–H and O–H groups in total. The lowest BCUT2D eigenvalue weighted by atomic mass is 9.35. The number of pyridine rings is 3. The molecule has 22 nitrogen and oxygen atoms in total. The van der Waals surface area contributed by atoms with Crippen molar-refractivity contribution in [2.75, 3.05) is 65.8 Å². The summed E-state index contributed by atoms with van der Waals surface area (Å²) < 4.78 is 21.9. The van der Waals surface area contributed by atoms with Gasteiger partial charge in [0.05, 0.1) is 77.6 Å². The van der Waals surface area contributed by atoms with Crippen LogP contribution in [0, 0.1) is 21.7 Å². The van der Waals surface area contributed by atoms with E-state index in [9.17, 15) is 59.4 Å². The number of nitrogens with two attached hydrogens (primary N) is 1. The van der Waals surface area contributed by atoms with Crippen LogP contribution in [-0.4, -0.2) is 146 Å². The molecule has 7 rings (SSSR count). The lowest BCUT2D eigenvalue weighted by Crippen LogP contribution is -2.68. The van der Waals surface area contributed by atoms with Crippen molar-refractivity contribution in [3.05, 3.63) is 84.5 Å². The average Bonchev–Trinajstić information content (AvgIpc) is 3.39. The van der Waals surface area contributed by atoms with Crippen LogP contribution >= 0.6 is 0 Å². The van der Waals surface area contributed by atoms with Crippen LogP contribution in [0.3, 0.4) is 0 Å². The molecule has 3 unspecified atom stereocenters. The van der Waals surface area contributed by atoms with Gasteiger partial charge in [-0.25, -0.2) is 0 Å². The van der Waals surface area contributed by atoms with Crippen LogP contribution in [0.25, 0.3) is 0 Å². The molecule has 0 saturated heterocycles. The molecular formula is C53H79N7O15. The van der Waals surface area contributed by atoms with Crippen molar-refractivity contribution < 1.29 is 59.2 Å². The smallest absolute Gasteiger partial charge is 0.271 e. The summed E-state index contributed by atoms with van der Waals surface area (Å²) in [4.78, 5) is 84.1. The minimum atomic E-state index is -1.27. The Morgan fingerprint density at radius 1 is 0.520 bits per heavy atom. The first-order valence-electron chi connectivity index (χ1n) is 26.4. The SMILES string of the molecule is CCCCOc1c(C(=O)NC[C@]23CC4(CN)C[C@](CNC(=O)c5c(OCCCC)c(=O)ccn5CC(O)CO)(C2)C[C@@](CNC(=O)c2c(OCCCC)c(=O)ccn2CC(O)CO)(C4)C3)n(CC(O)CO)ccc1=O. The summed E-state index contributed by atoms with van der Waals surface area (Å²) in [6.45, 7) is 4.08. The van der Waals surface area contributed by atoms with Crippen LogP contribution in [0.4, 0.5) is 0 Å².